The second-order valence-corrected chi connectivity index (χ2v) is 5.22. The first-order valence-electron chi connectivity index (χ1n) is 6.99. The minimum Gasteiger partial charge on any atom is -0.388 e. The van der Waals surface area contributed by atoms with E-state index in [0.29, 0.717) is 0 Å². The zero-order valence-corrected chi connectivity index (χ0v) is 12.2. The van der Waals surface area contributed by atoms with E-state index in [4.69, 9.17) is 0 Å². The Morgan fingerprint density at radius 2 is 1.90 bits per heavy atom. The van der Waals surface area contributed by atoms with Gasteiger partial charge in [-0.1, -0.05) is 30.3 Å². The highest BCUT2D eigenvalue weighted by Gasteiger charge is 2.11. The SMILES string of the molecule is Cc1ccccc1C(O)CCN(C)Cc1ccccn1. The largest absolute Gasteiger partial charge is 0.388 e. The molecule has 0 saturated carbocycles. The zero-order chi connectivity index (χ0) is 14.4. The van der Waals surface area contributed by atoms with Crippen LogP contribution in [0.3, 0.4) is 0 Å². The fourth-order valence-corrected chi connectivity index (χ4v) is 2.31. The van der Waals surface area contributed by atoms with Crippen LogP contribution >= 0.6 is 0 Å². The third-order valence-electron chi connectivity index (χ3n) is 3.49. The number of benzene rings is 1. The summed E-state index contributed by atoms with van der Waals surface area (Å²) in [6.45, 7) is 3.68. The number of aromatic nitrogens is 1. The number of aryl methyl sites for hydroxylation is 1. The van der Waals surface area contributed by atoms with E-state index in [2.05, 4.69) is 16.9 Å². The van der Waals surface area contributed by atoms with E-state index in [1.165, 1.54) is 0 Å². The van der Waals surface area contributed by atoms with Crippen molar-refractivity contribution in [3.63, 3.8) is 0 Å². The summed E-state index contributed by atoms with van der Waals surface area (Å²) in [5.41, 5.74) is 3.23. The van der Waals surface area contributed by atoms with E-state index in [9.17, 15) is 5.11 Å². The summed E-state index contributed by atoms with van der Waals surface area (Å²) in [4.78, 5) is 6.50. The molecule has 1 atom stereocenters. The van der Waals surface area contributed by atoms with Crippen LogP contribution < -0.4 is 0 Å². The number of hydrogen-bond donors (Lipinski definition) is 1. The lowest BCUT2D eigenvalue weighted by molar-refractivity contribution is 0.147. The predicted octanol–water partition coefficient (Wildman–Crippen LogP) is 2.95. The summed E-state index contributed by atoms with van der Waals surface area (Å²) >= 11 is 0. The van der Waals surface area contributed by atoms with Gasteiger partial charge in [-0.3, -0.25) is 4.98 Å². The van der Waals surface area contributed by atoms with Crippen LogP contribution in [-0.2, 0) is 6.54 Å². The molecule has 0 aliphatic heterocycles. The highest BCUT2D eigenvalue weighted by molar-refractivity contribution is 5.27. The Morgan fingerprint density at radius 1 is 1.15 bits per heavy atom. The van der Waals surface area contributed by atoms with E-state index in [-0.39, 0.29) is 0 Å². The Hall–Kier alpha value is -1.71. The average molecular weight is 270 g/mol. The Morgan fingerprint density at radius 3 is 2.60 bits per heavy atom. The normalized spacial score (nSPS) is 12.6. The first kappa shape index (κ1) is 14.7. The van der Waals surface area contributed by atoms with Gasteiger partial charge in [-0.05, 0) is 43.7 Å². The minimum atomic E-state index is -0.401. The van der Waals surface area contributed by atoms with Gasteiger partial charge in [0.25, 0.3) is 0 Å². The molecule has 0 aliphatic carbocycles. The third kappa shape index (κ3) is 4.15. The molecule has 0 fully saturated rings. The van der Waals surface area contributed by atoms with Gasteiger partial charge >= 0.3 is 0 Å². The van der Waals surface area contributed by atoms with Crippen LogP contribution in [0.5, 0.6) is 0 Å². The number of aliphatic hydroxyl groups excluding tert-OH is 1. The molecular weight excluding hydrogens is 248 g/mol. The van der Waals surface area contributed by atoms with Crippen LogP contribution in [0.2, 0.25) is 0 Å². The fourth-order valence-electron chi connectivity index (χ4n) is 2.31. The van der Waals surface area contributed by atoms with E-state index in [1.807, 2.05) is 55.6 Å². The number of nitrogens with zero attached hydrogens (tertiary/aromatic N) is 2. The lowest BCUT2D eigenvalue weighted by Crippen LogP contribution is -2.21. The van der Waals surface area contributed by atoms with Crippen molar-refractivity contribution >= 4 is 0 Å². The first-order valence-corrected chi connectivity index (χ1v) is 6.99. The van der Waals surface area contributed by atoms with Crippen molar-refractivity contribution in [2.24, 2.45) is 0 Å². The van der Waals surface area contributed by atoms with Crippen LogP contribution in [0.25, 0.3) is 0 Å². The molecule has 2 rings (SSSR count). The van der Waals surface area contributed by atoms with E-state index < -0.39 is 6.10 Å². The second kappa shape index (κ2) is 7.17. The standard InChI is InChI=1S/C17H22N2O/c1-14-7-3-4-9-16(14)17(20)10-12-19(2)13-15-8-5-6-11-18-15/h3-9,11,17,20H,10,12-13H2,1-2H3. The second-order valence-electron chi connectivity index (χ2n) is 5.22. The van der Waals surface area contributed by atoms with Crippen LogP contribution in [-0.4, -0.2) is 28.6 Å². The van der Waals surface area contributed by atoms with Crippen molar-refractivity contribution in [3.8, 4) is 0 Å². The van der Waals surface area contributed by atoms with Crippen molar-refractivity contribution in [2.75, 3.05) is 13.6 Å². The Balaban J connectivity index is 1.84. The maximum absolute atomic E-state index is 10.3. The van der Waals surface area contributed by atoms with E-state index in [0.717, 1.165) is 36.3 Å². The van der Waals surface area contributed by atoms with Gasteiger partial charge in [-0.25, -0.2) is 0 Å². The molecule has 1 aromatic heterocycles. The molecule has 1 aromatic carbocycles. The van der Waals surface area contributed by atoms with Crippen molar-refractivity contribution < 1.29 is 5.11 Å². The molecular formula is C17H22N2O. The summed E-state index contributed by atoms with van der Waals surface area (Å²) in [5.74, 6) is 0. The highest BCUT2D eigenvalue weighted by Crippen LogP contribution is 2.20. The average Bonchev–Trinajstić information content (AvgIpc) is 2.46. The number of rotatable bonds is 6. The Kier molecular flexibility index (Phi) is 5.27. The smallest absolute Gasteiger partial charge is 0.0804 e. The molecule has 0 saturated heterocycles. The fraction of sp³-hybridized carbons (Fsp3) is 0.353. The molecule has 3 nitrogen and oxygen atoms in total. The molecule has 1 unspecified atom stereocenters. The Labute approximate surface area is 120 Å². The first-order chi connectivity index (χ1) is 9.66. The van der Waals surface area contributed by atoms with Gasteiger partial charge in [0.1, 0.15) is 0 Å². The lowest BCUT2D eigenvalue weighted by Gasteiger charge is -2.19. The van der Waals surface area contributed by atoms with Gasteiger partial charge in [0.2, 0.25) is 0 Å². The molecule has 20 heavy (non-hydrogen) atoms. The Bertz CT molecular complexity index is 528. The van der Waals surface area contributed by atoms with Crippen molar-refractivity contribution in [1.82, 2.24) is 9.88 Å². The molecule has 0 amide bonds. The van der Waals surface area contributed by atoms with Gasteiger partial charge in [0.15, 0.2) is 0 Å². The predicted molar refractivity (Wildman–Crippen MR) is 81.3 cm³/mol. The number of aliphatic hydroxyl groups is 1. The third-order valence-corrected chi connectivity index (χ3v) is 3.49. The highest BCUT2D eigenvalue weighted by atomic mass is 16.3. The molecule has 0 spiro atoms. The van der Waals surface area contributed by atoms with Crippen LogP contribution in [0.1, 0.15) is 29.3 Å². The van der Waals surface area contributed by atoms with Gasteiger partial charge in [-0.15, -0.1) is 0 Å². The molecule has 1 N–H and O–H groups in total. The zero-order valence-electron chi connectivity index (χ0n) is 12.2. The lowest BCUT2D eigenvalue weighted by atomic mass is 10.0. The molecule has 0 radical (unpaired) electrons. The summed E-state index contributed by atoms with van der Waals surface area (Å²) in [6, 6.07) is 14.0. The quantitative estimate of drug-likeness (QED) is 0.876. The van der Waals surface area contributed by atoms with Crippen molar-refractivity contribution in [2.45, 2.75) is 26.0 Å². The monoisotopic (exact) mass is 270 g/mol. The minimum absolute atomic E-state index is 0.401. The van der Waals surface area contributed by atoms with Gasteiger partial charge in [0.05, 0.1) is 11.8 Å². The number of hydrogen-bond acceptors (Lipinski definition) is 3. The van der Waals surface area contributed by atoms with E-state index in [1.54, 1.807) is 0 Å². The van der Waals surface area contributed by atoms with Crippen molar-refractivity contribution in [1.29, 1.82) is 0 Å². The van der Waals surface area contributed by atoms with Crippen LogP contribution in [0, 0.1) is 6.92 Å². The topological polar surface area (TPSA) is 36.4 Å². The number of pyridine rings is 1. The van der Waals surface area contributed by atoms with Crippen LogP contribution in [0.15, 0.2) is 48.7 Å². The van der Waals surface area contributed by atoms with Gasteiger partial charge < -0.3 is 10.0 Å². The van der Waals surface area contributed by atoms with Gasteiger partial charge in [-0.2, -0.15) is 0 Å². The molecule has 3 heteroatoms. The van der Waals surface area contributed by atoms with Crippen LogP contribution in [0.4, 0.5) is 0 Å². The van der Waals surface area contributed by atoms with Crippen molar-refractivity contribution in [3.05, 3.63) is 65.5 Å². The molecule has 0 aliphatic rings. The molecule has 2 aromatic rings. The summed E-state index contributed by atoms with van der Waals surface area (Å²) in [7, 11) is 2.05. The van der Waals surface area contributed by atoms with E-state index >= 15 is 0 Å². The summed E-state index contributed by atoms with van der Waals surface area (Å²) < 4.78 is 0. The maximum atomic E-state index is 10.3. The molecule has 106 valence electrons. The summed E-state index contributed by atoms with van der Waals surface area (Å²) in [5, 5.41) is 10.3. The summed E-state index contributed by atoms with van der Waals surface area (Å²) in [6.07, 6.45) is 2.14. The van der Waals surface area contributed by atoms with Gasteiger partial charge in [0, 0.05) is 19.3 Å². The maximum Gasteiger partial charge on any atom is 0.0804 e. The molecule has 1 heterocycles. The molecule has 0 bridgehead atoms.